The van der Waals surface area contributed by atoms with Crippen molar-refractivity contribution in [2.45, 2.75) is 13.8 Å². The van der Waals surface area contributed by atoms with Crippen LogP contribution >= 0.6 is 12.4 Å². The topological polar surface area (TPSA) is 78.0 Å². The molecule has 2 N–H and O–H groups in total. The Kier molecular flexibility index (Phi) is 3.25. The van der Waals surface area contributed by atoms with Crippen LogP contribution in [0.2, 0.25) is 0 Å². The van der Waals surface area contributed by atoms with Crippen molar-refractivity contribution < 1.29 is 8.42 Å². The van der Waals surface area contributed by atoms with Gasteiger partial charge in [-0.3, -0.25) is 0 Å². The van der Waals surface area contributed by atoms with Crippen LogP contribution in [0.15, 0.2) is 6.20 Å². The lowest BCUT2D eigenvalue weighted by atomic mass is 10.6. The molecular formula is C5H10ClN3O2S. The normalized spacial score (nSPS) is 10.9. The molecule has 70 valence electrons. The number of aromatic nitrogens is 2. The number of imidazole rings is 1. The van der Waals surface area contributed by atoms with E-state index in [0.717, 1.165) is 3.97 Å². The van der Waals surface area contributed by atoms with E-state index >= 15 is 0 Å². The molecule has 0 aliphatic heterocycles. The largest absolute Gasteiger partial charge is 0.303 e. The van der Waals surface area contributed by atoms with E-state index in [1.807, 2.05) is 0 Å². The second-order valence-electron chi connectivity index (χ2n) is 2.27. The van der Waals surface area contributed by atoms with Crippen LogP contribution in [-0.2, 0) is 10.2 Å². The van der Waals surface area contributed by atoms with Crippen molar-refractivity contribution in [2.75, 3.05) is 0 Å². The fraction of sp³-hybridized carbons (Fsp3) is 0.400. The lowest BCUT2D eigenvalue weighted by Crippen LogP contribution is -2.22. The van der Waals surface area contributed by atoms with Crippen LogP contribution in [0.25, 0.3) is 0 Å². The summed E-state index contributed by atoms with van der Waals surface area (Å²) >= 11 is 0. The molecule has 12 heavy (non-hydrogen) atoms. The summed E-state index contributed by atoms with van der Waals surface area (Å²) in [5.74, 6) is 0.380. The Bertz CT molecular complexity index is 370. The molecule has 0 saturated heterocycles. The Labute approximate surface area is 77.2 Å². The van der Waals surface area contributed by atoms with E-state index in [9.17, 15) is 8.42 Å². The first-order valence-corrected chi connectivity index (χ1v) is 4.47. The Hall–Kier alpha value is -0.590. The summed E-state index contributed by atoms with van der Waals surface area (Å²) in [6, 6.07) is 0. The van der Waals surface area contributed by atoms with E-state index in [1.165, 1.54) is 6.20 Å². The molecule has 0 aliphatic rings. The zero-order valence-corrected chi connectivity index (χ0v) is 8.32. The standard InChI is InChI=1S/C5H9N3O2S.ClH/c1-4-3-8(5(2)7-4)11(6,9)10;/h3H,1-2H3,(H2,6,9,10);1H. The SMILES string of the molecule is Cc1cn(S(N)(=O)=O)c(C)n1.Cl. The third kappa shape index (κ3) is 2.20. The molecule has 0 unspecified atom stereocenters. The molecule has 0 aliphatic carbocycles. The summed E-state index contributed by atoms with van der Waals surface area (Å²) in [5, 5.41) is 4.87. The molecule has 0 aromatic carbocycles. The predicted octanol–water partition coefficient (Wildman–Crippen LogP) is -0.0267. The molecular weight excluding hydrogens is 202 g/mol. The van der Waals surface area contributed by atoms with Crippen molar-refractivity contribution in [3.8, 4) is 0 Å². The first-order chi connectivity index (χ1) is 4.91. The van der Waals surface area contributed by atoms with Crippen molar-refractivity contribution in [3.05, 3.63) is 17.7 Å². The van der Waals surface area contributed by atoms with Gasteiger partial charge in [-0.1, -0.05) is 0 Å². The highest BCUT2D eigenvalue weighted by Gasteiger charge is 2.09. The number of hydrogen-bond donors (Lipinski definition) is 1. The molecule has 7 heteroatoms. The predicted molar refractivity (Wildman–Crippen MR) is 47.5 cm³/mol. The van der Waals surface area contributed by atoms with Crippen LogP contribution in [-0.4, -0.2) is 17.4 Å². The van der Waals surface area contributed by atoms with Gasteiger partial charge in [-0.25, -0.2) is 14.1 Å². The number of nitrogens with two attached hydrogens (primary N) is 1. The number of halogens is 1. The monoisotopic (exact) mass is 211 g/mol. The Morgan fingerprint density at radius 2 is 2.00 bits per heavy atom. The molecule has 0 saturated carbocycles. The second-order valence-corrected chi connectivity index (χ2v) is 3.69. The van der Waals surface area contributed by atoms with Gasteiger partial charge in [0, 0.05) is 6.20 Å². The number of hydrogen-bond acceptors (Lipinski definition) is 3. The summed E-state index contributed by atoms with van der Waals surface area (Å²) in [7, 11) is -3.66. The van der Waals surface area contributed by atoms with Crippen LogP contribution < -0.4 is 5.14 Å². The Balaban J connectivity index is 0.00000121. The Morgan fingerprint density at radius 3 is 2.17 bits per heavy atom. The highest BCUT2D eigenvalue weighted by Crippen LogP contribution is 2.01. The van der Waals surface area contributed by atoms with Gasteiger partial charge in [0.15, 0.2) is 0 Å². The van der Waals surface area contributed by atoms with E-state index in [2.05, 4.69) is 4.98 Å². The van der Waals surface area contributed by atoms with Crippen molar-refractivity contribution >= 4 is 22.6 Å². The lowest BCUT2D eigenvalue weighted by molar-refractivity contribution is 0.587. The first-order valence-electron chi connectivity index (χ1n) is 2.97. The maximum absolute atomic E-state index is 10.8. The maximum atomic E-state index is 10.8. The average Bonchev–Trinajstić information content (AvgIpc) is 2.08. The maximum Gasteiger partial charge on any atom is 0.303 e. The average molecular weight is 212 g/mol. The van der Waals surface area contributed by atoms with Crippen molar-refractivity contribution in [1.82, 2.24) is 8.96 Å². The minimum absolute atomic E-state index is 0. The molecule has 0 spiro atoms. The molecule has 0 fully saturated rings. The molecule has 0 atom stereocenters. The molecule has 1 heterocycles. The van der Waals surface area contributed by atoms with Crippen molar-refractivity contribution in [3.63, 3.8) is 0 Å². The van der Waals surface area contributed by atoms with Gasteiger partial charge in [0.05, 0.1) is 5.69 Å². The highest BCUT2D eigenvalue weighted by molar-refractivity contribution is 7.87. The van der Waals surface area contributed by atoms with Gasteiger partial charge in [-0.2, -0.15) is 8.42 Å². The quantitative estimate of drug-likeness (QED) is 0.709. The first kappa shape index (κ1) is 11.4. The van der Waals surface area contributed by atoms with E-state index in [4.69, 9.17) is 5.14 Å². The van der Waals surface area contributed by atoms with Gasteiger partial charge in [0.2, 0.25) is 0 Å². The fourth-order valence-electron chi connectivity index (χ4n) is 0.854. The van der Waals surface area contributed by atoms with Gasteiger partial charge in [0.25, 0.3) is 0 Å². The van der Waals surface area contributed by atoms with Gasteiger partial charge < -0.3 is 0 Å². The van der Waals surface area contributed by atoms with Crippen LogP contribution in [0.3, 0.4) is 0 Å². The molecule has 5 nitrogen and oxygen atoms in total. The summed E-state index contributed by atoms with van der Waals surface area (Å²) in [6.45, 7) is 3.28. The van der Waals surface area contributed by atoms with Crippen LogP contribution in [0, 0.1) is 13.8 Å². The summed E-state index contributed by atoms with van der Waals surface area (Å²) in [6.07, 6.45) is 1.38. The molecule has 1 aromatic heterocycles. The number of rotatable bonds is 1. The number of aryl methyl sites for hydroxylation is 2. The van der Waals surface area contributed by atoms with Crippen molar-refractivity contribution in [2.24, 2.45) is 5.14 Å². The van der Waals surface area contributed by atoms with Crippen LogP contribution in [0.4, 0.5) is 0 Å². The Morgan fingerprint density at radius 1 is 1.50 bits per heavy atom. The second kappa shape index (κ2) is 3.42. The summed E-state index contributed by atoms with van der Waals surface area (Å²) in [5.41, 5.74) is 0.636. The van der Waals surface area contributed by atoms with E-state index in [1.54, 1.807) is 13.8 Å². The van der Waals surface area contributed by atoms with E-state index in [-0.39, 0.29) is 12.4 Å². The minimum Gasteiger partial charge on any atom is -0.238 e. The van der Waals surface area contributed by atoms with E-state index in [0.29, 0.717) is 11.5 Å². The molecule has 0 amide bonds. The minimum atomic E-state index is -3.66. The zero-order valence-electron chi connectivity index (χ0n) is 6.68. The molecule has 0 bridgehead atoms. The summed E-state index contributed by atoms with van der Waals surface area (Å²) in [4.78, 5) is 3.88. The third-order valence-electron chi connectivity index (χ3n) is 1.24. The van der Waals surface area contributed by atoms with Gasteiger partial charge >= 0.3 is 10.2 Å². The van der Waals surface area contributed by atoms with E-state index < -0.39 is 10.2 Å². The van der Waals surface area contributed by atoms with Gasteiger partial charge in [-0.05, 0) is 13.8 Å². The smallest absolute Gasteiger partial charge is 0.238 e. The fourth-order valence-corrected chi connectivity index (χ4v) is 1.56. The van der Waals surface area contributed by atoms with Crippen LogP contribution in [0.5, 0.6) is 0 Å². The lowest BCUT2D eigenvalue weighted by Gasteiger charge is -1.97. The van der Waals surface area contributed by atoms with Gasteiger partial charge in [-0.15, -0.1) is 12.4 Å². The number of nitrogens with zero attached hydrogens (tertiary/aromatic N) is 2. The highest BCUT2D eigenvalue weighted by atomic mass is 35.5. The third-order valence-corrected chi connectivity index (χ3v) is 2.15. The van der Waals surface area contributed by atoms with Crippen molar-refractivity contribution in [1.29, 1.82) is 0 Å². The molecule has 0 radical (unpaired) electrons. The summed E-state index contributed by atoms with van der Waals surface area (Å²) < 4.78 is 22.5. The zero-order chi connectivity index (χ0) is 8.65. The van der Waals surface area contributed by atoms with Gasteiger partial charge in [0.1, 0.15) is 5.82 Å². The molecule has 1 aromatic rings. The van der Waals surface area contributed by atoms with Crippen LogP contribution in [0.1, 0.15) is 11.5 Å². The molecule has 1 rings (SSSR count).